The van der Waals surface area contributed by atoms with Gasteiger partial charge in [-0.25, -0.2) is 0 Å². The fourth-order valence-electron chi connectivity index (χ4n) is 5.95. The summed E-state index contributed by atoms with van der Waals surface area (Å²) in [6, 6.07) is 0. The topological polar surface area (TPSA) is 0 Å². The van der Waals surface area contributed by atoms with Gasteiger partial charge in [-0.3, -0.25) is 0 Å². The van der Waals surface area contributed by atoms with Gasteiger partial charge in [0.1, 0.15) is 0 Å². The van der Waals surface area contributed by atoms with Gasteiger partial charge in [0.25, 0.3) is 0 Å². The lowest BCUT2D eigenvalue weighted by molar-refractivity contribution is 0.390. The van der Waals surface area contributed by atoms with E-state index in [2.05, 4.69) is 27.7 Å². The predicted molar refractivity (Wildman–Crippen MR) is 168 cm³/mol. The Labute approximate surface area is 232 Å². The van der Waals surface area contributed by atoms with Gasteiger partial charge in [0.05, 0.1) is 0 Å². The van der Waals surface area contributed by atoms with Crippen molar-refractivity contribution in [3.8, 4) is 0 Å². The van der Waals surface area contributed by atoms with Crippen LogP contribution in [0.15, 0.2) is 0 Å². The highest BCUT2D eigenvalue weighted by atomic mass is 14.1. The lowest BCUT2D eigenvalue weighted by atomic mass is 9.92. The van der Waals surface area contributed by atoms with Crippen LogP contribution < -0.4 is 0 Å². The van der Waals surface area contributed by atoms with Gasteiger partial charge in [-0.05, 0) is 11.8 Å². The van der Waals surface area contributed by atoms with Crippen LogP contribution in [-0.4, -0.2) is 0 Å². The molecule has 218 valence electrons. The third-order valence-corrected chi connectivity index (χ3v) is 8.74. The van der Waals surface area contributed by atoms with Crippen molar-refractivity contribution in [1.29, 1.82) is 0 Å². The zero-order chi connectivity index (χ0) is 26.4. The lowest BCUT2D eigenvalue weighted by Crippen LogP contribution is -1.99. The average molecular weight is 507 g/mol. The van der Waals surface area contributed by atoms with E-state index in [0.29, 0.717) is 0 Å². The minimum atomic E-state index is 0.955. The van der Waals surface area contributed by atoms with E-state index in [4.69, 9.17) is 0 Å². The van der Waals surface area contributed by atoms with Crippen LogP contribution in [0.25, 0.3) is 0 Å². The van der Waals surface area contributed by atoms with Crippen molar-refractivity contribution < 1.29 is 0 Å². The molecular formula is C36H74. The van der Waals surface area contributed by atoms with Crippen molar-refractivity contribution in [2.75, 3.05) is 0 Å². The zero-order valence-corrected chi connectivity index (χ0v) is 26.4. The fraction of sp³-hybridized carbons (Fsp3) is 1.00. The van der Waals surface area contributed by atoms with E-state index in [1.54, 1.807) is 0 Å². The molecule has 0 radical (unpaired) electrons. The van der Waals surface area contributed by atoms with Crippen LogP contribution in [0, 0.1) is 11.8 Å². The normalized spacial score (nSPS) is 13.3. The Bertz CT molecular complexity index is 372. The van der Waals surface area contributed by atoms with E-state index in [9.17, 15) is 0 Å². The molecule has 0 fully saturated rings. The molecule has 0 spiro atoms. The summed E-state index contributed by atoms with van der Waals surface area (Å²) in [6.45, 7) is 9.63. The molecule has 0 aliphatic rings. The first-order valence-electron chi connectivity index (χ1n) is 17.7. The molecule has 0 nitrogen and oxygen atoms in total. The number of rotatable bonds is 31. The molecular weight excluding hydrogens is 432 g/mol. The molecule has 0 unspecified atom stereocenters. The number of hydrogen-bond donors (Lipinski definition) is 0. The standard InChI is InChI=1S/C36H74/c1-5-7-9-11-13-15-16-17-18-19-20-21-23-25-27-29-32-36(4)34-30-33-35(3)31-28-26-24-22-14-12-10-8-6-2/h35-36H,5-34H2,1-4H3/t35-,36+/m1/s1. The highest BCUT2D eigenvalue weighted by Gasteiger charge is 2.06. The van der Waals surface area contributed by atoms with Gasteiger partial charge in [0, 0.05) is 0 Å². The third-order valence-electron chi connectivity index (χ3n) is 8.74. The summed E-state index contributed by atoms with van der Waals surface area (Å²) in [4.78, 5) is 0. The molecule has 36 heavy (non-hydrogen) atoms. The van der Waals surface area contributed by atoms with Gasteiger partial charge in [-0.2, -0.15) is 0 Å². The minimum Gasteiger partial charge on any atom is -0.0654 e. The summed E-state index contributed by atoms with van der Waals surface area (Å²) in [7, 11) is 0. The Balaban J connectivity index is 3.25. The maximum Gasteiger partial charge on any atom is -0.0443 e. The second-order valence-corrected chi connectivity index (χ2v) is 12.9. The van der Waals surface area contributed by atoms with Crippen LogP contribution in [0.4, 0.5) is 0 Å². The summed E-state index contributed by atoms with van der Waals surface area (Å²) in [6.07, 6.45) is 44.1. The second-order valence-electron chi connectivity index (χ2n) is 12.9. The highest BCUT2D eigenvalue weighted by Crippen LogP contribution is 2.22. The minimum absolute atomic E-state index is 0.955. The summed E-state index contributed by atoms with van der Waals surface area (Å²) >= 11 is 0. The Hall–Kier alpha value is 0. The molecule has 0 heterocycles. The molecule has 0 aromatic rings. The largest absolute Gasteiger partial charge is 0.0654 e. The number of hydrogen-bond acceptors (Lipinski definition) is 0. The summed E-state index contributed by atoms with van der Waals surface area (Å²) in [5.41, 5.74) is 0. The SMILES string of the molecule is CCCCCCCCCCCCCCCCCC[C@H](C)CCC[C@H](C)CCCCCCCCCCC. The first kappa shape index (κ1) is 36.0. The highest BCUT2D eigenvalue weighted by molar-refractivity contribution is 4.59. The second kappa shape index (κ2) is 31.2. The average Bonchev–Trinajstić information content (AvgIpc) is 2.87. The van der Waals surface area contributed by atoms with Crippen LogP contribution in [0.5, 0.6) is 0 Å². The van der Waals surface area contributed by atoms with Gasteiger partial charge >= 0.3 is 0 Å². The van der Waals surface area contributed by atoms with Crippen LogP contribution >= 0.6 is 0 Å². The Morgan fingerprint density at radius 1 is 0.250 bits per heavy atom. The quantitative estimate of drug-likeness (QED) is 0.0820. The number of unbranched alkanes of at least 4 members (excludes halogenated alkanes) is 23. The van der Waals surface area contributed by atoms with Crippen molar-refractivity contribution in [3.63, 3.8) is 0 Å². The molecule has 0 N–H and O–H groups in total. The Kier molecular flexibility index (Phi) is 31.2. The Morgan fingerprint density at radius 3 is 0.694 bits per heavy atom. The molecule has 0 saturated heterocycles. The van der Waals surface area contributed by atoms with Crippen molar-refractivity contribution in [2.45, 2.75) is 220 Å². The van der Waals surface area contributed by atoms with Gasteiger partial charge in [0.2, 0.25) is 0 Å². The maximum atomic E-state index is 2.51. The molecule has 0 aromatic carbocycles. The predicted octanol–water partition coefficient (Wildman–Crippen LogP) is 14.0. The molecule has 0 amide bonds. The molecule has 2 atom stereocenters. The summed E-state index contributed by atoms with van der Waals surface area (Å²) < 4.78 is 0. The van der Waals surface area contributed by atoms with Crippen molar-refractivity contribution in [1.82, 2.24) is 0 Å². The Morgan fingerprint density at radius 2 is 0.444 bits per heavy atom. The molecule has 0 bridgehead atoms. The van der Waals surface area contributed by atoms with E-state index >= 15 is 0 Å². The molecule has 0 heteroatoms. The van der Waals surface area contributed by atoms with Gasteiger partial charge in [0.15, 0.2) is 0 Å². The molecule has 0 rings (SSSR count). The van der Waals surface area contributed by atoms with Gasteiger partial charge in [-0.1, -0.05) is 220 Å². The van der Waals surface area contributed by atoms with Crippen molar-refractivity contribution >= 4 is 0 Å². The van der Waals surface area contributed by atoms with Crippen LogP contribution in [-0.2, 0) is 0 Å². The van der Waals surface area contributed by atoms with Crippen LogP contribution in [0.1, 0.15) is 220 Å². The summed E-state index contributed by atoms with van der Waals surface area (Å²) in [5, 5.41) is 0. The zero-order valence-electron chi connectivity index (χ0n) is 26.4. The maximum absolute atomic E-state index is 2.51. The van der Waals surface area contributed by atoms with Crippen molar-refractivity contribution in [2.24, 2.45) is 11.8 Å². The third kappa shape index (κ3) is 30.2. The monoisotopic (exact) mass is 507 g/mol. The van der Waals surface area contributed by atoms with E-state index in [1.165, 1.54) is 193 Å². The molecule has 0 saturated carbocycles. The first-order chi connectivity index (χ1) is 17.7. The molecule has 0 aromatic heterocycles. The van der Waals surface area contributed by atoms with Gasteiger partial charge in [-0.15, -0.1) is 0 Å². The van der Waals surface area contributed by atoms with E-state index in [-0.39, 0.29) is 0 Å². The fourth-order valence-corrected chi connectivity index (χ4v) is 5.95. The molecule has 0 aliphatic heterocycles. The van der Waals surface area contributed by atoms with Crippen LogP contribution in [0.2, 0.25) is 0 Å². The van der Waals surface area contributed by atoms with Crippen LogP contribution in [0.3, 0.4) is 0 Å². The van der Waals surface area contributed by atoms with Gasteiger partial charge < -0.3 is 0 Å². The van der Waals surface area contributed by atoms with E-state index < -0.39 is 0 Å². The van der Waals surface area contributed by atoms with Crippen molar-refractivity contribution in [3.05, 3.63) is 0 Å². The smallest absolute Gasteiger partial charge is 0.0443 e. The van der Waals surface area contributed by atoms with E-state index in [1.807, 2.05) is 0 Å². The lowest BCUT2D eigenvalue weighted by Gasteiger charge is -2.14. The molecule has 0 aliphatic carbocycles. The summed E-state index contributed by atoms with van der Waals surface area (Å²) in [5.74, 6) is 1.91. The first-order valence-corrected chi connectivity index (χ1v) is 17.7. The van der Waals surface area contributed by atoms with E-state index in [0.717, 1.165) is 11.8 Å².